The fraction of sp³-hybridized carbons (Fsp3) is 0.857. The Labute approximate surface area is 78.7 Å². The molecule has 0 bridgehead atoms. The Bertz CT molecular complexity index is 154. The summed E-state index contributed by atoms with van der Waals surface area (Å²) < 4.78 is 0. The molecule has 1 fully saturated rings. The van der Waals surface area contributed by atoms with Crippen LogP contribution >= 0.6 is 12.4 Å². The van der Waals surface area contributed by atoms with Crippen LogP contribution in [0.2, 0.25) is 0 Å². The summed E-state index contributed by atoms with van der Waals surface area (Å²) in [7, 11) is 0. The van der Waals surface area contributed by atoms with Crippen molar-refractivity contribution in [2.75, 3.05) is 19.6 Å². The molecule has 0 aromatic rings. The highest BCUT2D eigenvalue weighted by Gasteiger charge is 2.19. The third-order valence-corrected chi connectivity index (χ3v) is 1.99. The number of carbonyl (C=O) groups excluding carboxylic acids is 1. The normalized spacial score (nSPS) is 23.2. The molecule has 1 amide bonds. The molecule has 72 valence electrons. The van der Waals surface area contributed by atoms with Crippen LogP contribution in [0.1, 0.15) is 12.8 Å². The number of hydrogen-bond acceptors (Lipinski definition) is 3. The molecule has 1 atom stereocenters. The van der Waals surface area contributed by atoms with E-state index < -0.39 is 0 Å². The first kappa shape index (κ1) is 11.7. The number of rotatable bonds is 1. The molecule has 1 saturated heterocycles. The molecule has 4 nitrogen and oxygen atoms in total. The molecule has 1 unspecified atom stereocenters. The third kappa shape index (κ3) is 2.97. The summed E-state index contributed by atoms with van der Waals surface area (Å²) in [6.45, 7) is 1.60. The van der Waals surface area contributed by atoms with Gasteiger partial charge >= 0.3 is 0 Å². The van der Waals surface area contributed by atoms with Crippen molar-refractivity contribution in [2.24, 2.45) is 11.5 Å². The van der Waals surface area contributed by atoms with Crippen LogP contribution in [0.5, 0.6) is 0 Å². The lowest BCUT2D eigenvalue weighted by Crippen LogP contribution is -2.47. The lowest BCUT2D eigenvalue weighted by atomic mass is 10.1. The first-order chi connectivity index (χ1) is 5.24. The minimum absolute atomic E-state index is 0. The Morgan fingerprint density at radius 2 is 2.25 bits per heavy atom. The predicted octanol–water partition coefficient (Wildman–Crippen LogP) is -0.683. The fourth-order valence-corrected chi connectivity index (χ4v) is 1.37. The summed E-state index contributed by atoms with van der Waals surface area (Å²) in [5.41, 5.74) is 10.9. The van der Waals surface area contributed by atoms with E-state index in [1.54, 1.807) is 4.90 Å². The highest BCUT2D eigenvalue weighted by atomic mass is 35.5. The lowest BCUT2D eigenvalue weighted by molar-refractivity contribution is -0.130. The second-order valence-corrected chi connectivity index (χ2v) is 2.95. The second-order valence-electron chi connectivity index (χ2n) is 2.95. The van der Waals surface area contributed by atoms with Crippen molar-refractivity contribution in [3.05, 3.63) is 0 Å². The summed E-state index contributed by atoms with van der Waals surface area (Å²) >= 11 is 0. The molecule has 1 aliphatic rings. The van der Waals surface area contributed by atoms with Gasteiger partial charge in [0.15, 0.2) is 0 Å². The molecular formula is C7H16ClN3O. The molecule has 0 saturated carbocycles. The third-order valence-electron chi connectivity index (χ3n) is 1.99. The number of halogens is 1. The van der Waals surface area contributed by atoms with Gasteiger partial charge in [-0.1, -0.05) is 0 Å². The zero-order chi connectivity index (χ0) is 8.27. The van der Waals surface area contributed by atoms with E-state index in [0.717, 1.165) is 19.4 Å². The Morgan fingerprint density at radius 1 is 1.58 bits per heavy atom. The Morgan fingerprint density at radius 3 is 2.75 bits per heavy atom. The average molecular weight is 194 g/mol. The van der Waals surface area contributed by atoms with Crippen molar-refractivity contribution in [1.82, 2.24) is 4.90 Å². The lowest BCUT2D eigenvalue weighted by Gasteiger charge is -2.30. The quantitative estimate of drug-likeness (QED) is 0.580. The van der Waals surface area contributed by atoms with Crippen molar-refractivity contribution < 1.29 is 4.79 Å². The second kappa shape index (κ2) is 5.35. The average Bonchev–Trinajstić information content (AvgIpc) is 2.03. The number of hydrogen-bond donors (Lipinski definition) is 2. The molecule has 0 radical (unpaired) electrons. The maximum atomic E-state index is 11.1. The van der Waals surface area contributed by atoms with E-state index in [9.17, 15) is 4.79 Å². The summed E-state index contributed by atoms with van der Waals surface area (Å²) in [4.78, 5) is 12.8. The van der Waals surface area contributed by atoms with Crippen molar-refractivity contribution in [2.45, 2.75) is 18.9 Å². The van der Waals surface area contributed by atoms with Crippen molar-refractivity contribution in [3.8, 4) is 0 Å². The number of nitrogens with two attached hydrogens (primary N) is 2. The van der Waals surface area contributed by atoms with E-state index in [-0.39, 0.29) is 30.9 Å². The van der Waals surface area contributed by atoms with Crippen LogP contribution < -0.4 is 11.5 Å². The molecule has 1 rings (SSSR count). The van der Waals surface area contributed by atoms with Gasteiger partial charge in [0.1, 0.15) is 0 Å². The number of nitrogens with zero attached hydrogens (tertiary/aromatic N) is 1. The monoisotopic (exact) mass is 193 g/mol. The van der Waals surface area contributed by atoms with Gasteiger partial charge in [-0.25, -0.2) is 0 Å². The van der Waals surface area contributed by atoms with Gasteiger partial charge in [0, 0.05) is 19.1 Å². The Kier molecular flexibility index (Phi) is 5.20. The highest BCUT2D eigenvalue weighted by molar-refractivity contribution is 5.85. The Hall–Kier alpha value is -0.320. The Balaban J connectivity index is 0.00000121. The molecule has 0 aliphatic carbocycles. The van der Waals surface area contributed by atoms with E-state index in [2.05, 4.69) is 0 Å². The molecule has 4 N–H and O–H groups in total. The highest BCUT2D eigenvalue weighted by Crippen LogP contribution is 2.07. The van der Waals surface area contributed by atoms with Crippen LogP contribution in [0.25, 0.3) is 0 Å². The predicted molar refractivity (Wildman–Crippen MR) is 50.1 cm³/mol. The summed E-state index contributed by atoms with van der Waals surface area (Å²) in [6.07, 6.45) is 2.03. The minimum atomic E-state index is 0. The molecule has 0 spiro atoms. The number of carbonyl (C=O) groups is 1. The summed E-state index contributed by atoms with van der Waals surface area (Å²) in [5, 5.41) is 0. The van der Waals surface area contributed by atoms with E-state index >= 15 is 0 Å². The fourth-order valence-electron chi connectivity index (χ4n) is 1.37. The van der Waals surface area contributed by atoms with Crippen LogP contribution in [-0.2, 0) is 4.79 Å². The van der Waals surface area contributed by atoms with E-state index in [0.29, 0.717) is 6.54 Å². The molecule has 1 heterocycles. The largest absolute Gasteiger partial charge is 0.340 e. The van der Waals surface area contributed by atoms with Gasteiger partial charge in [0.25, 0.3) is 0 Å². The van der Waals surface area contributed by atoms with Gasteiger partial charge in [-0.05, 0) is 12.8 Å². The van der Waals surface area contributed by atoms with Crippen LogP contribution in [0, 0.1) is 0 Å². The first-order valence-corrected chi connectivity index (χ1v) is 3.97. The van der Waals surface area contributed by atoms with Gasteiger partial charge in [0.2, 0.25) is 5.91 Å². The zero-order valence-corrected chi connectivity index (χ0v) is 7.85. The molecule has 0 aromatic carbocycles. The maximum Gasteiger partial charge on any atom is 0.236 e. The van der Waals surface area contributed by atoms with Crippen molar-refractivity contribution >= 4 is 18.3 Å². The van der Waals surface area contributed by atoms with Gasteiger partial charge < -0.3 is 16.4 Å². The maximum absolute atomic E-state index is 11.1. The number of likely N-dealkylation sites (tertiary alicyclic amines) is 1. The van der Waals surface area contributed by atoms with E-state index in [1.807, 2.05) is 0 Å². The van der Waals surface area contributed by atoms with Crippen LogP contribution in [0.4, 0.5) is 0 Å². The van der Waals surface area contributed by atoms with Crippen molar-refractivity contribution in [1.29, 1.82) is 0 Å². The molecule has 0 aromatic heterocycles. The molecule has 1 aliphatic heterocycles. The topological polar surface area (TPSA) is 72.4 Å². The van der Waals surface area contributed by atoms with Crippen LogP contribution in [0.3, 0.4) is 0 Å². The zero-order valence-electron chi connectivity index (χ0n) is 7.03. The van der Waals surface area contributed by atoms with Gasteiger partial charge in [0.05, 0.1) is 6.54 Å². The first-order valence-electron chi connectivity index (χ1n) is 3.97. The van der Waals surface area contributed by atoms with Gasteiger partial charge in [-0.3, -0.25) is 4.79 Å². The smallest absolute Gasteiger partial charge is 0.236 e. The molecule has 12 heavy (non-hydrogen) atoms. The van der Waals surface area contributed by atoms with Gasteiger partial charge in [-0.2, -0.15) is 0 Å². The molecular weight excluding hydrogens is 178 g/mol. The van der Waals surface area contributed by atoms with E-state index in [1.165, 1.54) is 0 Å². The standard InChI is InChI=1S/C7H15N3O.ClH/c8-4-7(11)10-3-1-2-6(9)5-10;/h6H,1-5,8-9H2;1H. The number of amides is 1. The van der Waals surface area contributed by atoms with Crippen molar-refractivity contribution in [3.63, 3.8) is 0 Å². The SMILES string of the molecule is Cl.NCC(=O)N1CCCC(N)C1. The van der Waals surface area contributed by atoms with Crippen LogP contribution in [-0.4, -0.2) is 36.5 Å². The van der Waals surface area contributed by atoms with Gasteiger partial charge in [-0.15, -0.1) is 12.4 Å². The van der Waals surface area contributed by atoms with E-state index in [4.69, 9.17) is 11.5 Å². The minimum Gasteiger partial charge on any atom is -0.340 e. The summed E-state index contributed by atoms with van der Waals surface area (Å²) in [6, 6.07) is 0.152. The number of piperidine rings is 1. The van der Waals surface area contributed by atoms with Crippen LogP contribution in [0.15, 0.2) is 0 Å². The summed E-state index contributed by atoms with van der Waals surface area (Å²) in [5.74, 6) is 0.0140. The molecule has 5 heteroatoms.